The van der Waals surface area contributed by atoms with Gasteiger partial charge >= 0.3 is 0 Å². The van der Waals surface area contributed by atoms with Crippen LogP contribution in [0.25, 0.3) is 11.3 Å². The molecule has 1 aliphatic carbocycles. The Hall–Kier alpha value is -2.04. The first kappa shape index (κ1) is 11.1. The van der Waals surface area contributed by atoms with Gasteiger partial charge in [-0.15, -0.1) is 0 Å². The Balaban J connectivity index is 2.18. The number of hydrogen-bond acceptors (Lipinski definition) is 3. The van der Waals surface area contributed by atoms with Crippen molar-refractivity contribution in [3.8, 4) is 11.3 Å². The summed E-state index contributed by atoms with van der Waals surface area (Å²) in [4.78, 5) is 22.9. The molecule has 92 valence electrons. The molecule has 1 fully saturated rings. The largest absolute Gasteiger partial charge is 0.310 e. The van der Waals surface area contributed by atoms with Crippen LogP contribution in [0.3, 0.4) is 0 Å². The molecule has 2 aromatic rings. The highest BCUT2D eigenvalue weighted by Crippen LogP contribution is 2.38. The Kier molecular flexibility index (Phi) is 2.47. The van der Waals surface area contributed by atoms with E-state index in [2.05, 4.69) is 15.0 Å². The van der Waals surface area contributed by atoms with E-state index >= 15 is 0 Å². The van der Waals surface area contributed by atoms with Crippen LogP contribution >= 0.6 is 0 Å². The van der Waals surface area contributed by atoms with Crippen molar-refractivity contribution in [2.24, 2.45) is 0 Å². The lowest BCUT2D eigenvalue weighted by Crippen LogP contribution is -2.15. The fourth-order valence-electron chi connectivity index (χ4n) is 1.92. The van der Waals surface area contributed by atoms with Gasteiger partial charge in [0.15, 0.2) is 0 Å². The number of halogens is 1. The zero-order valence-corrected chi connectivity index (χ0v) is 9.90. The van der Waals surface area contributed by atoms with Gasteiger partial charge in [-0.3, -0.25) is 9.78 Å². The molecule has 2 aromatic heterocycles. The van der Waals surface area contributed by atoms with E-state index in [1.165, 1.54) is 12.3 Å². The maximum atomic E-state index is 13.2. The lowest BCUT2D eigenvalue weighted by Gasteiger charge is -2.06. The first-order chi connectivity index (χ1) is 8.65. The van der Waals surface area contributed by atoms with Gasteiger partial charge in [-0.1, -0.05) is 0 Å². The molecule has 1 aliphatic rings. The number of hydrogen-bond donors (Lipinski definition) is 1. The average Bonchev–Trinajstić information content (AvgIpc) is 3.16. The smallest absolute Gasteiger partial charge is 0.254 e. The Morgan fingerprint density at radius 3 is 2.83 bits per heavy atom. The first-order valence-electron chi connectivity index (χ1n) is 5.87. The number of H-pyrrole nitrogens is 1. The molecular weight excluding hydrogens is 233 g/mol. The zero-order chi connectivity index (χ0) is 12.7. The second-order valence-electron chi connectivity index (χ2n) is 4.59. The summed E-state index contributed by atoms with van der Waals surface area (Å²) in [6.07, 6.45) is 4.75. The van der Waals surface area contributed by atoms with Crippen LogP contribution in [0.2, 0.25) is 0 Å². The van der Waals surface area contributed by atoms with Crippen LogP contribution in [0.15, 0.2) is 23.3 Å². The molecule has 2 heterocycles. The van der Waals surface area contributed by atoms with Crippen LogP contribution in [-0.4, -0.2) is 15.0 Å². The second kappa shape index (κ2) is 4.01. The third kappa shape index (κ3) is 1.92. The standard InChI is InChI=1S/C13H12FN3O/c1-7-11(9-4-10(14)6-15-5-9)16-12(8-2-3-8)17-13(7)18/h4-6,8H,2-3H2,1H3,(H,16,17,18). The van der Waals surface area contributed by atoms with Crippen LogP contribution in [0.4, 0.5) is 4.39 Å². The summed E-state index contributed by atoms with van der Waals surface area (Å²) in [5.41, 5.74) is 1.39. The van der Waals surface area contributed by atoms with Gasteiger partial charge in [0.25, 0.3) is 5.56 Å². The summed E-state index contributed by atoms with van der Waals surface area (Å²) >= 11 is 0. The van der Waals surface area contributed by atoms with Crippen LogP contribution in [0, 0.1) is 12.7 Å². The molecule has 0 spiro atoms. The number of aromatic nitrogens is 3. The molecule has 0 unspecified atom stereocenters. The number of nitrogens with zero attached hydrogens (tertiary/aromatic N) is 2. The molecule has 0 saturated heterocycles. The molecule has 3 rings (SSSR count). The molecule has 0 radical (unpaired) electrons. The Morgan fingerprint density at radius 2 is 2.17 bits per heavy atom. The van der Waals surface area contributed by atoms with E-state index in [0.717, 1.165) is 19.0 Å². The number of rotatable bonds is 2. The highest BCUT2D eigenvalue weighted by molar-refractivity contribution is 5.61. The van der Waals surface area contributed by atoms with E-state index in [1.54, 1.807) is 6.92 Å². The maximum Gasteiger partial charge on any atom is 0.254 e. The predicted molar refractivity (Wildman–Crippen MR) is 64.8 cm³/mol. The Bertz CT molecular complexity index is 662. The molecule has 5 heteroatoms. The average molecular weight is 245 g/mol. The van der Waals surface area contributed by atoms with Gasteiger partial charge in [0.2, 0.25) is 0 Å². The molecule has 0 aromatic carbocycles. The molecule has 1 N–H and O–H groups in total. The topological polar surface area (TPSA) is 58.6 Å². The number of aromatic amines is 1. The molecule has 4 nitrogen and oxygen atoms in total. The SMILES string of the molecule is Cc1c(-c2cncc(F)c2)nc(C2CC2)[nH]c1=O. The van der Waals surface area contributed by atoms with Crippen molar-refractivity contribution >= 4 is 0 Å². The normalized spacial score (nSPS) is 14.8. The summed E-state index contributed by atoms with van der Waals surface area (Å²) in [5.74, 6) is 0.616. The highest BCUT2D eigenvalue weighted by atomic mass is 19.1. The fraction of sp³-hybridized carbons (Fsp3) is 0.308. The van der Waals surface area contributed by atoms with Crippen molar-refractivity contribution in [3.05, 3.63) is 46.0 Å². The molecule has 0 amide bonds. The minimum Gasteiger partial charge on any atom is -0.310 e. The minimum absolute atomic E-state index is 0.161. The van der Waals surface area contributed by atoms with Crippen molar-refractivity contribution in [2.45, 2.75) is 25.7 Å². The van der Waals surface area contributed by atoms with E-state index < -0.39 is 5.82 Å². The van der Waals surface area contributed by atoms with Gasteiger partial charge in [0.1, 0.15) is 11.6 Å². The van der Waals surface area contributed by atoms with Crippen molar-refractivity contribution in [1.29, 1.82) is 0 Å². The van der Waals surface area contributed by atoms with Gasteiger partial charge < -0.3 is 4.98 Å². The summed E-state index contributed by atoms with van der Waals surface area (Å²) < 4.78 is 13.2. The van der Waals surface area contributed by atoms with Crippen LogP contribution in [-0.2, 0) is 0 Å². The summed E-state index contributed by atoms with van der Waals surface area (Å²) in [6, 6.07) is 1.35. The molecule has 1 saturated carbocycles. The van der Waals surface area contributed by atoms with Crippen LogP contribution < -0.4 is 5.56 Å². The second-order valence-corrected chi connectivity index (χ2v) is 4.59. The van der Waals surface area contributed by atoms with E-state index in [-0.39, 0.29) is 5.56 Å². The summed E-state index contributed by atoms with van der Waals surface area (Å²) in [7, 11) is 0. The maximum absolute atomic E-state index is 13.2. The van der Waals surface area contributed by atoms with E-state index in [0.29, 0.717) is 28.6 Å². The third-order valence-electron chi connectivity index (χ3n) is 3.11. The van der Waals surface area contributed by atoms with Gasteiger partial charge in [-0.25, -0.2) is 9.37 Å². The number of pyridine rings is 1. The Labute approximate surface area is 103 Å². The monoisotopic (exact) mass is 245 g/mol. The summed E-state index contributed by atoms with van der Waals surface area (Å²) in [5, 5.41) is 0. The molecule has 0 aliphatic heterocycles. The van der Waals surface area contributed by atoms with Gasteiger partial charge in [0, 0.05) is 23.2 Å². The molecule has 18 heavy (non-hydrogen) atoms. The van der Waals surface area contributed by atoms with E-state index in [9.17, 15) is 9.18 Å². The lowest BCUT2D eigenvalue weighted by molar-refractivity contribution is 0.622. The van der Waals surface area contributed by atoms with Crippen molar-refractivity contribution in [2.75, 3.05) is 0 Å². The first-order valence-corrected chi connectivity index (χ1v) is 5.87. The molecular formula is C13H12FN3O. The van der Waals surface area contributed by atoms with Gasteiger partial charge in [0.05, 0.1) is 11.9 Å². The van der Waals surface area contributed by atoms with E-state index in [1.807, 2.05) is 0 Å². The van der Waals surface area contributed by atoms with Crippen LogP contribution in [0.1, 0.15) is 30.1 Å². The Morgan fingerprint density at radius 1 is 1.39 bits per heavy atom. The van der Waals surface area contributed by atoms with Crippen molar-refractivity contribution in [1.82, 2.24) is 15.0 Å². The number of nitrogens with one attached hydrogen (secondary N) is 1. The minimum atomic E-state index is -0.429. The third-order valence-corrected chi connectivity index (χ3v) is 3.11. The molecule has 0 atom stereocenters. The van der Waals surface area contributed by atoms with Crippen molar-refractivity contribution < 1.29 is 4.39 Å². The van der Waals surface area contributed by atoms with Gasteiger partial charge in [-0.05, 0) is 25.8 Å². The lowest BCUT2D eigenvalue weighted by atomic mass is 10.1. The van der Waals surface area contributed by atoms with Gasteiger partial charge in [-0.2, -0.15) is 0 Å². The predicted octanol–water partition coefficient (Wildman–Crippen LogP) is 2.16. The highest BCUT2D eigenvalue weighted by Gasteiger charge is 2.27. The molecule has 0 bridgehead atoms. The van der Waals surface area contributed by atoms with E-state index in [4.69, 9.17) is 0 Å². The quantitative estimate of drug-likeness (QED) is 0.882. The zero-order valence-electron chi connectivity index (χ0n) is 9.90. The fourth-order valence-corrected chi connectivity index (χ4v) is 1.92. The van der Waals surface area contributed by atoms with Crippen LogP contribution in [0.5, 0.6) is 0 Å². The summed E-state index contributed by atoms with van der Waals surface area (Å²) in [6.45, 7) is 1.68. The van der Waals surface area contributed by atoms with Crippen molar-refractivity contribution in [3.63, 3.8) is 0 Å².